The largest absolute Gasteiger partial charge is 0.294 e. The molecule has 0 aliphatic rings. The first-order valence-electron chi connectivity index (χ1n) is 7.68. The van der Waals surface area contributed by atoms with Crippen LogP contribution in [-0.4, -0.2) is 14.5 Å². The average molecular weight is 323 g/mol. The van der Waals surface area contributed by atoms with Gasteiger partial charge >= 0.3 is 0 Å². The number of aromatic nitrogens is 2. The summed E-state index contributed by atoms with van der Waals surface area (Å²) in [5.41, 5.74) is 2.28. The number of nitro benzene ring substituents is 1. The van der Waals surface area contributed by atoms with Crippen LogP contribution in [0.4, 0.5) is 5.69 Å². The molecule has 0 N–H and O–H groups in total. The van der Waals surface area contributed by atoms with Gasteiger partial charge in [-0.05, 0) is 23.1 Å². The van der Waals surface area contributed by atoms with Crippen molar-refractivity contribution in [3.8, 4) is 0 Å². The van der Waals surface area contributed by atoms with E-state index in [1.54, 1.807) is 0 Å². The molecule has 0 radical (unpaired) electrons. The predicted molar refractivity (Wildman–Crippen MR) is 92.3 cm³/mol. The molecule has 0 atom stereocenters. The Morgan fingerprint density at radius 3 is 2.50 bits per heavy atom. The molecule has 0 aliphatic carbocycles. The molecule has 0 saturated heterocycles. The lowest BCUT2D eigenvalue weighted by Gasteiger charge is -2.09. The number of benzene rings is 2. The highest BCUT2D eigenvalue weighted by Crippen LogP contribution is 2.17. The van der Waals surface area contributed by atoms with Crippen LogP contribution in [-0.2, 0) is 6.54 Å². The molecule has 0 saturated carbocycles. The van der Waals surface area contributed by atoms with E-state index >= 15 is 0 Å². The molecule has 122 valence electrons. The van der Waals surface area contributed by atoms with Gasteiger partial charge in [-0.3, -0.25) is 19.5 Å². The summed E-state index contributed by atoms with van der Waals surface area (Å²) in [4.78, 5) is 27.2. The van der Waals surface area contributed by atoms with Gasteiger partial charge in [-0.25, -0.2) is 4.98 Å². The molecule has 6 nitrogen and oxygen atoms in total. The SMILES string of the molecule is CC(C)c1ccc(Cn2cnc3ccc([N+](=O)[O-])cc3c2=O)cc1. The van der Waals surface area contributed by atoms with E-state index in [9.17, 15) is 14.9 Å². The third-order valence-corrected chi connectivity index (χ3v) is 4.02. The number of hydrogen-bond donors (Lipinski definition) is 0. The minimum atomic E-state index is -0.513. The first kappa shape index (κ1) is 15.9. The fourth-order valence-electron chi connectivity index (χ4n) is 2.58. The number of rotatable bonds is 4. The molecule has 1 heterocycles. The number of nitro groups is 1. The fraction of sp³-hybridized carbons (Fsp3) is 0.222. The van der Waals surface area contributed by atoms with Crippen molar-refractivity contribution in [3.05, 3.63) is 80.4 Å². The maximum absolute atomic E-state index is 12.6. The lowest BCUT2D eigenvalue weighted by molar-refractivity contribution is -0.384. The van der Waals surface area contributed by atoms with E-state index in [-0.39, 0.29) is 16.6 Å². The zero-order valence-electron chi connectivity index (χ0n) is 13.5. The third kappa shape index (κ3) is 3.03. The fourth-order valence-corrected chi connectivity index (χ4v) is 2.58. The van der Waals surface area contributed by atoms with Crippen molar-refractivity contribution in [1.29, 1.82) is 0 Å². The van der Waals surface area contributed by atoms with Gasteiger partial charge in [-0.2, -0.15) is 0 Å². The van der Waals surface area contributed by atoms with Gasteiger partial charge in [0.25, 0.3) is 11.2 Å². The molecule has 0 unspecified atom stereocenters. The maximum Gasteiger partial charge on any atom is 0.270 e. The lowest BCUT2D eigenvalue weighted by atomic mass is 10.0. The first-order valence-corrected chi connectivity index (χ1v) is 7.68. The zero-order chi connectivity index (χ0) is 17.3. The van der Waals surface area contributed by atoms with Gasteiger partial charge < -0.3 is 0 Å². The van der Waals surface area contributed by atoms with Crippen LogP contribution in [0.15, 0.2) is 53.6 Å². The number of hydrogen-bond acceptors (Lipinski definition) is 4. The molecule has 0 fully saturated rings. The summed E-state index contributed by atoms with van der Waals surface area (Å²) in [5.74, 6) is 0.449. The van der Waals surface area contributed by atoms with Crippen LogP contribution < -0.4 is 5.56 Å². The number of non-ortho nitro benzene ring substituents is 1. The third-order valence-electron chi connectivity index (χ3n) is 4.02. The highest BCUT2D eigenvalue weighted by atomic mass is 16.6. The Morgan fingerprint density at radius 1 is 1.17 bits per heavy atom. The van der Waals surface area contributed by atoms with Gasteiger partial charge in [0.2, 0.25) is 0 Å². The minimum absolute atomic E-state index is 0.111. The van der Waals surface area contributed by atoms with Crippen molar-refractivity contribution >= 4 is 16.6 Å². The van der Waals surface area contributed by atoms with Crippen LogP contribution in [0.5, 0.6) is 0 Å². The second-order valence-electron chi connectivity index (χ2n) is 6.03. The summed E-state index contributed by atoms with van der Waals surface area (Å²) in [6.07, 6.45) is 1.48. The Labute approximate surface area is 138 Å². The Morgan fingerprint density at radius 2 is 1.88 bits per heavy atom. The van der Waals surface area contributed by atoms with Crippen LogP contribution >= 0.6 is 0 Å². The maximum atomic E-state index is 12.6. The standard InChI is InChI=1S/C18H17N3O3/c1-12(2)14-5-3-13(4-6-14)10-20-11-19-17-8-7-15(21(23)24)9-16(17)18(20)22/h3-9,11-12H,10H2,1-2H3. The van der Waals surface area contributed by atoms with E-state index in [4.69, 9.17) is 0 Å². The normalized spacial score (nSPS) is 11.1. The van der Waals surface area contributed by atoms with Crippen molar-refractivity contribution in [2.24, 2.45) is 0 Å². The second kappa shape index (κ2) is 6.23. The summed E-state index contributed by atoms with van der Waals surface area (Å²) in [6.45, 7) is 4.63. The number of fused-ring (bicyclic) bond motifs is 1. The molecule has 3 rings (SSSR count). The molecule has 0 bridgehead atoms. The molecule has 0 aliphatic heterocycles. The highest BCUT2D eigenvalue weighted by Gasteiger charge is 2.11. The number of nitrogens with zero attached hydrogens (tertiary/aromatic N) is 3. The van der Waals surface area contributed by atoms with Crippen LogP contribution in [0.2, 0.25) is 0 Å². The van der Waals surface area contributed by atoms with Crippen molar-refractivity contribution in [2.75, 3.05) is 0 Å². The smallest absolute Gasteiger partial charge is 0.270 e. The van der Waals surface area contributed by atoms with Gasteiger partial charge in [-0.15, -0.1) is 0 Å². The Kier molecular flexibility index (Phi) is 4.12. The van der Waals surface area contributed by atoms with Gasteiger partial charge in [0.1, 0.15) is 0 Å². The van der Waals surface area contributed by atoms with Gasteiger partial charge in [0.05, 0.1) is 28.7 Å². The molecule has 0 amide bonds. The molecule has 3 aromatic rings. The molecule has 1 aromatic heterocycles. The van der Waals surface area contributed by atoms with E-state index in [1.807, 2.05) is 24.3 Å². The Bertz CT molecular complexity index is 959. The second-order valence-corrected chi connectivity index (χ2v) is 6.03. The summed E-state index contributed by atoms with van der Waals surface area (Å²) in [7, 11) is 0. The van der Waals surface area contributed by atoms with E-state index in [0.29, 0.717) is 18.0 Å². The molecular weight excluding hydrogens is 306 g/mol. The Hall–Kier alpha value is -3.02. The van der Waals surface area contributed by atoms with E-state index in [1.165, 1.54) is 34.7 Å². The van der Waals surface area contributed by atoms with E-state index < -0.39 is 4.92 Å². The summed E-state index contributed by atoms with van der Waals surface area (Å²) in [6, 6.07) is 12.2. The van der Waals surface area contributed by atoms with Gasteiger partial charge in [0, 0.05) is 12.1 Å². The summed E-state index contributed by atoms with van der Waals surface area (Å²) >= 11 is 0. The topological polar surface area (TPSA) is 78.0 Å². The quantitative estimate of drug-likeness (QED) is 0.544. The molecule has 2 aromatic carbocycles. The summed E-state index contributed by atoms with van der Waals surface area (Å²) in [5, 5.41) is 11.2. The van der Waals surface area contributed by atoms with E-state index in [2.05, 4.69) is 18.8 Å². The first-order chi connectivity index (χ1) is 11.5. The van der Waals surface area contributed by atoms with Crippen molar-refractivity contribution in [2.45, 2.75) is 26.3 Å². The van der Waals surface area contributed by atoms with Gasteiger partial charge in [0.15, 0.2) is 0 Å². The lowest BCUT2D eigenvalue weighted by Crippen LogP contribution is -2.21. The molecule has 24 heavy (non-hydrogen) atoms. The van der Waals surface area contributed by atoms with Gasteiger partial charge in [-0.1, -0.05) is 38.1 Å². The van der Waals surface area contributed by atoms with Crippen molar-refractivity contribution < 1.29 is 4.92 Å². The average Bonchev–Trinajstić information content (AvgIpc) is 2.57. The zero-order valence-corrected chi connectivity index (χ0v) is 13.5. The predicted octanol–water partition coefficient (Wildman–Crippen LogP) is 3.48. The van der Waals surface area contributed by atoms with E-state index in [0.717, 1.165) is 5.56 Å². The minimum Gasteiger partial charge on any atom is -0.294 e. The van der Waals surface area contributed by atoms with Crippen molar-refractivity contribution in [1.82, 2.24) is 9.55 Å². The van der Waals surface area contributed by atoms with Crippen LogP contribution in [0.1, 0.15) is 30.9 Å². The highest BCUT2D eigenvalue weighted by molar-refractivity contribution is 5.79. The van der Waals surface area contributed by atoms with Crippen molar-refractivity contribution in [3.63, 3.8) is 0 Å². The monoisotopic (exact) mass is 323 g/mol. The molecule has 6 heteroatoms. The van der Waals surface area contributed by atoms with Crippen LogP contribution in [0.25, 0.3) is 10.9 Å². The molecular formula is C18H17N3O3. The molecule has 0 spiro atoms. The van der Waals surface area contributed by atoms with Crippen LogP contribution in [0.3, 0.4) is 0 Å². The Balaban J connectivity index is 1.99. The van der Waals surface area contributed by atoms with Crippen LogP contribution in [0, 0.1) is 10.1 Å². The summed E-state index contributed by atoms with van der Waals surface area (Å²) < 4.78 is 1.47.